The maximum Gasteiger partial charge on any atom is 0.276 e. The number of nitrogens with zero attached hydrogens (tertiary/aromatic N) is 1. The molecule has 2 amide bonds. The maximum absolute atomic E-state index is 12.5. The molecule has 3 rings (SSSR count). The summed E-state index contributed by atoms with van der Waals surface area (Å²) in [4.78, 5) is 24.8. The summed E-state index contributed by atoms with van der Waals surface area (Å²) in [7, 11) is 1.64. The predicted octanol–water partition coefficient (Wildman–Crippen LogP) is 3.78. The van der Waals surface area contributed by atoms with Crippen LogP contribution in [0.2, 0.25) is 0 Å². The molecule has 0 bridgehead atoms. The number of fused-ring (bicyclic) bond motifs is 1. The van der Waals surface area contributed by atoms with Crippen LogP contribution in [0.4, 0.5) is 5.69 Å². The highest BCUT2D eigenvalue weighted by molar-refractivity contribution is 6.54. The summed E-state index contributed by atoms with van der Waals surface area (Å²) < 4.78 is 5.49. The minimum Gasteiger partial charge on any atom is -0.496 e. The van der Waals surface area contributed by atoms with Gasteiger partial charge in [0, 0.05) is 17.0 Å². The topological polar surface area (TPSA) is 79.8 Å². The monoisotopic (exact) mass is 371 g/mol. The Bertz CT molecular complexity index is 736. The lowest BCUT2D eigenvalue weighted by Crippen LogP contribution is -2.30. The molecule has 1 fully saturated rings. The molecule has 1 saturated carbocycles. The molecule has 0 aromatic heterocycles. The van der Waals surface area contributed by atoms with Crippen molar-refractivity contribution in [1.29, 1.82) is 0 Å². The zero-order chi connectivity index (χ0) is 19.2. The highest BCUT2D eigenvalue weighted by atomic mass is 16.5. The van der Waals surface area contributed by atoms with Crippen LogP contribution in [-0.4, -0.2) is 24.6 Å². The van der Waals surface area contributed by atoms with E-state index in [1.165, 1.54) is 6.42 Å². The van der Waals surface area contributed by atoms with E-state index in [-0.39, 0.29) is 23.4 Å². The lowest BCUT2D eigenvalue weighted by molar-refractivity contribution is -0.125. The van der Waals surface area contributed by atoms with E-state index in [9.17, 15) is 9.59 Å². The Hall–Kier alpha value is -2.37. The normalized spacial score (nSPS) is 18.3. The van der Waals surface area contributed by atoms with Gasteiger partial charge in [-0.3, -0.25) is 9.59 Å². The van der Waals surface area contributed by atoms with Gasteiger partial charge in [0.15, 0.2) is 5.71 Å². The molecular formula is C21H29N3O3. The van der Waals surface area contributed by atoms with Crippen LogP contribution in [0.5, 0.6) is 5.75 Å². The Labute approximate surface area is 160 Å². The van der Waals surface area contributed by atoms with Crippen LogP contribution >= 0.6 is 0 Å². The number of anilines is 1. The molecule has 2 aliphatic rings. The number of nitrogens with one attached hydrogen (secondary N) is 2. The fourth-order valence-corrected chi connectivity index (χ4v) is 3.93. The molecule has 0 unspecified atom stereocenters. The van der Waals surface area contributed by atoms with Crippen LogP contribution < -0.4 is 15.5 Å². The van der Waals surface area contributed by atoms with Gasteiger partial charge in [-0.15, -0.1) is 0 Å². The largest absolute Gasteiger partial charge is 0.496 e. The molecule has 1 aromatic carbocycles. The minimum absolute atomic E-state index is 0.00695. The fourth-order valence-electron chi connectivity index (χ4n) is 3.93. The summed E-state index contributed by atoms with van der Waals surface area (Å²) in [6.45, 7) is 2.16. The third-order valence-electron chi connectivity index (χ3n) is 5.48. The number of rotatable bonds is 7. The average Bonchev–Trinajstić information content (AvgIpc) is 3.02. The van der Waals surface area contributed by atoms with Crippen molar-refractivity contribution in [2.45, 2.75) is 64.7 Å². The summed E-state index contributed by atoms with van der Waals surface area (Å²) in [5.74, 6) is 0.421. The second kappa shape index (κ2) is 9.02. The van der Waals surface area contributed by atoms with E-state index in [1.807, 2.05) is 12.1 Å². The first-order valence-corrected chi connectivity index (χ1v) is 10.0. The SMILES string of the molecule is CCCCCc1c(OC)ccc2c1NC(=O)/C2=N\NC(=O)C1CCCCC1. The van der Waals surface area contributed by atoms with Crippen molar-refractivity contribution in [3.05, 3.63) is 23.3 Å². The highest BCUT2D eigenvalue weighted by Gasteiger charge is 2.30. The predicted molar refractivity (Wildman–Crippen MR) is 106 cm³/mol. The van der Waals surface area contributed by atoms with Gasteiger partial charge in [-0.25, -0.2) is 5.43 Å². The third kappa shape index (κ3) is 4.31. The molecule has 6 heteroatoms. The van der Waals surface area contributed by atoms with Gasteiger partial charge in [0.1, 0.15) is 5.75 Å². The van der Waals surface area contributed by atoms with Crippen LogP contribution in [0.25, 0.3) is 0 Å². The van der Waals surface area contributed by atoms with Crippen LogP contribution in [-0.2, 0) is 16.0 Å². The van der Waals surface area contributed by atoms with E-state index in [1.54, 1.807) is 7.11 Å². The number of carbonyl (C=O) groups is 2. The van der Waals surface area contributed by atoms with Gasteiger partial charge in [-0.1, -0.05) is 39.0 Å². The highest BCUT2D eigenvalue weighted by Crippen LogP contribution is 2.35. The first kappa shape index (κ1) is 19.4. The van der Waals surface area contributed by atoms with E-state index in [0.29, 0.717) is 0 Å². The fraction of sp³-hybridized carbons (Fsp3) is 0.571. The molecule has 1 aliphatic heterocycles. The Morgan fingerprint density at radius 2 is 2.04 bits per heavy atom. The lowest BCUT2D eigenvalue weighted by Gasteiger charge is -2.19. The van der Waals surface area contributed by atoms with Crippen molar-refractivity contribution in [1.82, 2.24) is 5.43 Å². The van der Waals surface area contributed by atoms with Crippen molar-refractivity contribution in [3.63, 3.8) is 0 Å². The molecule has 0 atom stereocenters. The van der Waals surface area contributed by atoms with Gasteiger partial charge in [-0.2, -0.15) is 5.10 Å². The second-order valence-electron chi connectivity index (χ2n) is 7.35. The first-order chi connectivity index (χ1) is 13.2. The zero-order valence-corrected chi connectivity index (χ0v) is 16.3. The molecule has 1 aliphatic carbocycles. The van der Waals surface area contributed by atoms with Gasteiger partial charge in [-0.05, 0) is 37.8 Å². The maximum atomic E-state index is 12.5. The van der Waals surface area contributed by atoms with Gasteiger partial charge < -0.3 is 10.1 Å². The molecule has 6 nitrogen and oxygen atoms in total. The van der Waals surface area contributed by atoms with E-state index in [2.05, 4.69) is 22.8 Å². The van der Waals surface area contributed by atoms with Crippen LogP contribution in [0.1, 0.15) is 69.4 Å². The van der Waals surface area contributed by atoms with Crippen LogP contribution in [0, 0.1) is 5.92 Å². The van der Waals surface area contributed by atoms with E-state index < -0.39 is 0 Å². The minimum atomic E-state index is -0.279. The Kier molecular flexibility index (Phi) is 6.48. The second-order valence-corrected chi connectivity index (χ2v) is 7.35. The molecular weight excluding hydrogens is 342 g/mol. The van der Waals surface area contributed by atoms with Crippen molar-refractivity contribution in [2.24, 2.45) is 11.0 Å². The standard InChI is InChI=1S/C21H29N3O3/c1-3-4-6-11-15-17(27-2)13-12-16-18(15)22-21(26)19(16)23-24-20(25)14-9-7-5-8-10-14/h12-14H,3-11H2,1-2H3,(H,24,25)(H,22,23,26). The number of hydrazone groups is 1. The van der Waals surface area contributed by atoms with Crippen LogP contribution in [0.3, 0.4) is 0 Å². The number of hydrogen-bond acceptors (Lipinski definition) is 4. The van der Waals surface area contributed by atoms with Crippen molar-refractivity contribution in [3.8, 4) is 5.75 Å². The van der Waals surface area contributed by atoms with Crippen molar-refractivity contribution < 1.29 is 14.3 Å². The number of ether oxygens (including phenoxy) is 1. The first-order valence-electron chi connectivity index (χ1n) is 10.0. The molecule has 1 heterocycles. The molecule has 2 N–H and O–H groups in total. The molecule has 1 aromatic rings. The summed E-state index contributed by atoms with van der Waals surface area (Å²) >= 11 is 0. The molecule has 0 saturated heterocycles. The Balaban J connectivity index is 1.80. The van der Waals surface area contributed by atoms with E-state index in [0.717, 1.165) is 73.9 Å². The van der Waals surface area contributed by atoms with Gasteiger partial charge in [0.2, 0.25) is 5.91 Å². The third-order valence-corrected chi connectivity index (χ3v) is 5.48. The molecule has 0 radical (unpaired) electrons. The number of methoxy groups -OCH3 is 1. The number of unbranched alkanes of at least 4 members (excludes halogenated alkanes) is 2. The van der Waals surface area contributed by atoms with Crippen molar-refractivity contribution >= 4 is 23.2 Å². The zero-order valence-electron chi connectivity index (χ0n) is 16.3. The smallest absolute Gasteiger partial charge is 0.276 e. The lowest BCUT2D eigenvalue weighted by atomic mass is 9.89. The number of carbonyl (C=O) groups excluding carboxylic acids is 2. The van der Waals surface area contributed by atoms with Gasteiger partial charge in [0.05, 0.1) is 12.8 Å². The Morgan fingerprint density at radius 3 is 2.74 bits per heavy atom. The molecule has 0 spiro atoms. The quantitative estimate of drug-likeness (QED) is 0.565. The summed E-state index contributed by atoms with van der Waals surface area (Å²) in [5.41, 5.74) is 5.39. The Morgan fingerprint density at radius 1 is 1.26 bits per heavy atom. The summed E-state index contributed by atoms with van der Waals surface area (Å²) in [6.07, 6.45) is 9.28. The van der Waals surface area contributed by atoms with E-state index >= 15 is 0 Å². The average molecular weight is 371 g/mol. The molecule has 146 valence electrons. The summed E-state index contributed by atoms with van der Waals surface area (Å²) in [6, 6.07) is 3.71. The van der Waals surface area contributed by atoms with Crippen molar-refractivity contribution in [2.75, 3.05) is 12.4 Å². The number of hydrogen-bond donors (Lipinski definition) is 2. The number of amides is 2. The molecule has 27 heavy (non-hydrogen) atoms. The summed E-state index contributed by atoms with van der Waals surface area (Å²) in [5, 5.41) is 7.10. The number of benzene rings is 1. The van der Waals surface area contributed by atoms with Crippen LogP contribution in [0.15, 0.2) is 17.2 Å². The van der Waals surface area contributed by atoms with Gasteiger partial charge in [0.25, 0.3) is 5.91 Å². The van der Waals surface area contributed by atoms with Gasteiger partial charge >= 0.3 is 0 Å². The van der Waals surface area contributed by atoms with E-state index in [4.69, 9.17) is 4.74 Å².